The fourth-order valence-electron chi connectivity index (χ4n) is 1.33. The van der Waals surface area contributed by atoms with Gasteiger partial charge in [0.25, 0.3) is 5.91 Å². The fraction of sp³-hybridized carbons (Fsp3) is 0.308. The van der Waals surface area contributed by atoms with Crippen LogP contribution in [-0.4, -0.2) is 19.0 Å². The lowest BCUT2D eigenvalue weighted by atomic mass is 10.1. The van der Waals surface area contributed by atoms with Crippen LogP contribution in [0.5, 0.6) is 0 Å². The van der Waals surface area contributed by atoms with Crippen molar-refractivity contribution in [2.24, 2.45) is 0 Å². The number of benzene rings is 1. The van der Waals surface area contributed by atoms with E-state index in [0.717, 1.165) is 12.2 Å². The summed E-state index contributed by atoms with van der Waals surface area (Å²) in [4.78, 5) is 11.8. The van der Waals surface area contributed by atoms with Gasteiger partial charge in [0.05, 0.1) is 12.1 Å². The van der Waals surface area contributed by atoms with Crippen LogP contribution in [0.4, 0.5) is 5.69 Å². The number of para-hydroxylation sites is 1. The highest BCUT2D eigenvalue weighted by Gasteiger charge is 2.08. The van der Waals surface area contributed by atoms with Crippen molar-refractivity contribution in [2.75, 3.05) is 18.4 Å². The quantitative estimate of drug-likeness (QED) is 0.754. The Morgan fingerprint density at radius 3 is 2.81 bits per heavy atom. The van der Waals surface area contributed by atoms with Crippen LogP contribution in [0.3, 0.4) is 0 Å². The molecule has 1 aromatic carbocycles. The number of amides is 1. The van der Waals surface area contributed by atoms with E-state index in [1.807, 2.05) is 25.1 Å². The smallest absolute Gasteiger partial charge is 0.254 e. The van der Waals surface area contributed by atoms with Crippen LogP contribution in [0.2, 0.25) is 0 Å². The van der Waals surface area contributed by atoms with Crippen molar-refractivity contribution in [3.63, 3.8) is 0 Å². The Morgan fingerprint density at radius 1 is 1.38 bits per heavy atom. The molecular weight excluding hydrogens is 200 g/mol. The number of carbonyl (C=O) groups excluding carboxylic acids is 1. The van der Waals surface area contributed by atoms with Crippen LogP contribution in [0.25, 0.3) is 0 Å². The second-order valence-corrected chi connectivity index (χ2v) is 3.19. The van der Waals surface area contributed by atoms with Crippen LogP contribution in [0.15, 0.2) is 24.3 Å². The summed E-state index contributed by atoms with van der Waals surface area (Å²) in [7, 11) is 0. The van der Waals surface area contributed by atoms with Crippen molar-refractivity contribution < 1.29 is 4.79 Å². The molecule has 0 aliphatic carbocycles. The summed E-state index contributed by atoms with van der Waals surface area (Å²) in [5.41, 5.74) is 1.51. The third-order valence-corrected chi connectivity index (χ3v) is 2.05. The van der Waals surface area contributed by atoms with E-state index in [4.69, 9.17) is 0 Å². The lowest BCUT2D eigenvalue weighted by Gasteiger charge is -2.09. The van der Waals surface area contributed by atoms with E-state index < -0.39 is 0 Å². The second-order valence-electron chi connectivity index (χ2n) is 3.19. The second kappa shape index (κ2) is 6.52. The first-order valence-electron chi connectivity index (χ1n) is 5.30. The van der Waals surface area contributed by atoms with Crippen molar-refractivity contribution in [2.45, 2.75) is 13.8 Å². The van der Waals surface area contributed by atoms with Crippen molar-refractivity contribution >= 4 is 11.6 Å². The fourth-order valence-corrected chi connectivity index (χ4v) is 1.33. The normalized spacial score (nSPS) is 8.88. The van der Waals surface area contributed by atoms with E-state index in [1.54, 1.807) is 13.0 Å². The first-order valence-corrected chi connectivity index (χ1v) is 5.30. The van der Waals surface area contributed by atoms with Gasteiger partial charge in [0, 0.05) is 12.2 Å². The lowest BCUT2D eigenvalue weighted by molar-refractivity contribution is 0.0959. The maximum absolute atomic E-state index is 11.8. The molecule has 3 nitrogen and oxygen atoms in total. The Bertz CT molecular complexity index is 415. The molecular formula is C13H16N2O. The highest BCUT2D eigenvalue weighted by Crippen LogP contribution is 2.14. The summed E-state index contributed by atoms with van der Waals surface area (Å²) in [6.45, 7) is 4.92. The van der Waals surface area contributed by atoms with Crippen molar-refractivity contribution in [3.05, 3.63) is 29.8 Å². The molecule has 16 heavy (non-hydrogen) atoms. The minimum Gasteiger partial charge on any atom is -0.385 e. The Labute approximate surface area is 96.2 Å². The molecule has 0 saturated carbocycles. The Kier molecular flexibility index (Phi) is 4.94. The molecule has 1 rings (SSSR count). The summed E-state index contributed by atoms with van der Waals surface area (Å²) in [5.74, 6) is 5.43. The van der Waals surface area contributed by atoms with Gasteiger partial charge in [-0.25, -0.2) is 0 Å². The van der Waals surface area contributed by atoms with Gasteiger partial charge in [-0.2, -0.15) is 0 Å². The monoisotopic (exact) mass is 216 g/mol. The van der Waals surface area contributed by atoms with Gasteiger partial charge in [0.1, 0.15) is 0 Å². The first-order chi connectivity index (χ1) is 7.79. The van der Waals surface area contributed by atoms with Gasteiger partial charge < -0.3 is 10.6 Å². The molecule has 0 aliphatic heterocycles. The number of anilines is 1. The Hall–Kier alpha value is -1.95. The Morgan fingerprint density at radius 2 is 2.12 bits per heavy atom. The first kappa shape index (κ1) is 12.1. The molecule has 84 valence electrons. The summed E-state index contributed by atoms with van der Waals surface area (Å²) in [5, 5.41) is 5.90. The highest BCUT2D eigenvalue weighted by molar-refractivity contribution is 5.99. The summed E-state index contributed by atoms with van der Waals surface area (Å²) >= 11 is 0. The largest absolute Gasteiger partial charge is 0.385 e. The zero-order valence-corrected chi connectivity index (χ0v) is 9.63. The lowest BCUT2D eigenvalue weighted by Crippen LogP contribution is -2.24. The summed E-state index contributed by atoms with van der Waals surface area (Å²) in [6.07, 6.45) is 0. The van der Waals surface area contributed by atoms with Crippen molar-refractivity contribution in [1.29, 1.82) is 0 Å². The van der Waals surface area contributed by atoms with Gasteiger partial charge in [0.2, 0.25) is 0 Å². The summed E-state index contributed by atoms with van der Waals surface area (Å²) in [6, 6.07) is 7.44. The van der Waals surface area contributed by atoms with Crippen LogP contribution in [0.1, 0.15) is 24.2 Å². The topological polar surface area (TPSA) is 41.1 Å². The molecule has 0 heterocycles. The van der Waals surface area contributed by atoms with Crippen LogP contribution < -0.4 is 10.6 Å². The van der Waals surface area contributed by atoms with Crippen LogP contribution in [-0.2, 0) is 0 Å². The molecule has 0 fully saturated rings. The SMILES string of the molecule is CC#CCNC(=O)c1ccccc1NCC. The molecule has 0 saturated heterocycles. The zero-order chi connectivity index (χ0) is 11.8. The molecule has 0 radical (unpaired) electrons. The van der Waals surface area contributed by atoms with Gasteiger partial charge >= 0.3 is 0 Å². The number of rotatable bonds is 4. The molecule has 0 unspecified atom stereocenters. The van der Waals surface area contributed by atoms with Gasteiger partial charge in [-0.05, 0) is 26.0 Å². The number of carbonyl (C=O) groups is 1. The third kappa shape index (κ3) is 3.32. The number of nitrogens with one attached hydrogen (secondary N) is 2. The molecule has 0 spiro atoms. The van der Waals surface area contributed by atoms with Gasteiger partial charge in [-0.15, -0.1) is 5.92 Å². The number of hydrogen-bond donors (Lipinski definition) is 2. The molecule has 1 aromatic rings. The Balaban J connectivity index is 2.76. The van der Waals surface area contributed by atoms with Gasteiger partial charge in [0.15, 0.2) is 0 Å². The average Bonchev–Trinajstić information content (AvgIpc) is 2.30. The molecule has 0 aliphatic rings. The molecule has 2 N–H and O–H groups in total. The minimum atomic E-state index is -0.0979. The van der Waals surface area contributed by atoms with E-state index >= 15 is 0 Å². The zero-order valence-electron chi connectivity index (χ0n) is 9.63. The predicted octanol–water partition coefficient (Wildman–Crippen LogP) is 1.87. The van der Waals surface area contributed by atoms with Crippen molar-refractivity contribution in [1.82, 2.24) is 5.32 Å². The highest BCUT2D eigenvalue weighted by atomic mass is 16.1. The van der Waals surface area contributed by atoms with Crippen LogP contribution >= 0.6 is 0 Å². The third-order valence-electron chi connectivity index (χ3n) is 2.05. The maximum atomic E-state index is 11.8. The minimum absolute atomic E-state index is 0.0979. The number of hydrogen-bond acceptors (Lipinski definition) is 2. The van der Waals surface area contributed by atoms with Gasteiger partial charge in [-0.3, -0.25) is 4.79 Å². The van der Waals surface area contributed by atoms with E-state index in [0.29, 0.717) is 12.1 Å². The predicted molar refractivity (Wildman–Crippen MR) is 66.4 cm³/mol. The van der Waals surface area contributed by atoms with Gasteiger partial charge in [-0.1, -0.05) is 18.1 Å². The van der Waals surface area contributed by atoms with E-state index in [-0.39, 0.29) is 5.91 Å². The molecule has 0 bridgehead atoms. The van der Waals surface area contributed by atoms with Crippen LogP contribution in [0, 0.1) is 11.8 Å². The summed E-state index contributed by atoms with van der Waals surface area (Å²) < 4.78 is 0. The van der Waals surface area contributed by atoms with E-state index in [1.165, 1.54) is 0 Å². The van der Waals surface area contributed by atoms with Crippen molar-refractivity contribution in [3.8, 4) is 11.8 Å². The maximum Gasteiger partial charge on any atom is 0.254 e. The molecule has 3 heteroatoms. The average molecular weight is 216 g/mol. The molecule has 0 atom stereocenters. The molecule has 1 amide bonds. The standard InChI is InChI=1S/C13H16N2O/c1-3-5-10-15-13(16)11-8-6-7-9-12(11)14-4-2/h6-9,14H,4,10H2,1-2H3,(H,15,16). The van der Waals surface area contributed by atoms with E-state index in [9.17, 15) is 4.79 Å². The van der Waals surface area contributed by atoms with E-state index in [2.05, 4.69) is 22.5 Å². The molecule has 0 aromatic heterocycles.